The van der Waals surface area contributed by atoms with E-state index in [0.29, 0.717) is 0 Å². The fourth-order valence-electron chi connectivity index (χ4n) is 2.65. The molecular weight excluding hydrogens is 240 g/mol. The lowest BCUT2D eigenvalue weighted by molar-refractivity contribution is -0.129. The molecule has 1 atom stereocenters. The van der Waals surface area contributed by atoms with E-state index in [1.807, 2.05) is 13.8 Å². The quantitative estimate of drug-likeness (QED) is 0.822. The van der Waals surface area contributed by atoms with Crippen molar-refractivity contribution in [2.75, 3.05) is 0 Å². The van der Waals surface area contributed by atoms with Crippen molar-refractivity contribution in [3.05, 3.63) is 0 Å². The number of hydrogen-bond donors (Lipinski definition) is 2. The molecule has 1 saturated carbocycles. The summed E-state index contributed by atoms with van der Waals surface area (Å²) in [5.41, 5.74) is 0. The minimum absolute atomic E-state index is 0.0317. The minimum atomic E-state index is -0.414. The number of carbonyl (C=O) groups is 2. The molecule has 2 amide bonds. The molecule has 110 valence electrons. The second kappa shape index (κ2) is 8.18. The van der Waals surface area contributed by atoms with Gasteiger partial charge in [0.05, 0.1) is 0 Å². The molecule has 4 nitrogen and oxygen atoms in total. The Morgan fingerprint density at radius 1 is 1.00 bits per heavy atom. The number of amides is 2. The van der Waals surface area contributed by atoms with Crippen molar-refractivity contribution in [1.82, 2.24) is 10.6 Å². The van der Waals surface area contributed by atoms with Crippen LogP contribution in [-0.2, 0) is 9.59 Å². The summed E-state index contributed by atoms with van der Waals surface area (Å²) in [5.74, 6) is -0.0697. The first-order valence-electron chi connectivity index (χ1n) is 7.58. The highest BCUT2D eigenvalue weighted by Crippen LogP contribution is 2.17. The van der Waals surface area contributed by atoms with E-state index in [0.717, 1.165) is 12.8 Å². The number of nitrogens with one attached hydrogen (secondary N) is 2. The van der Waals surface area contributed by atoms with Crippen LogP contribution in [0.3, 0.4) is 0 Å². The minimum Gasteiger partial charge on any atom is -0.352 e. The summed E-state index contributed by atoms with van der Waals surface area (Å²) in [5, 5.41) is 5.87. The first kappa shape index (κ1) is 16.0. The van der Waals surface area contributed by atoms with E-state index in [1.54, 1.807) is 0 Å². The molecule has 19 heavy (non-hydrogen) atoms. The maximum absolute atomic E-state index is 12.3. The van der Waals surface area contributed by atoms with Gasteiger partial charge in [0.2, 0.25) is 11.8 Å². The van der Waals surface area contributed by atoms with Crippen LogP contribution in [0.4, 0.5) is 0 Å². The van der Waals surface area contributed by atoms with Crippen LogP contribution >= 0.6 is 0 Å². The molecular formula is C15H28N2O2. The standard InChI is InChI=1S/C15H28N2O2/c1-11(2)14(16-12(3)18)15(19)17-13-9-7-5-4-6-8-10-13/h11,13-14H,4-10H2,1-3H3,(H,16,18)(H,17,19)/t14-/m0/s1. The van der Waals surface area contributed by atoms with Gasteiger partial charge in [0.1, 0.15) is 6.04 Å². The third kappa shape index (κ3) is 6.08. The topological polar surface area (TPSA) is 58.2 Å². The van der Waals surface area contributed by atoms with Crippen LogP contribution in [0.5, 0.6) is 0 Å². The number of rotatable bonds is 4. The van der Waals surface area contributed by atoms with E-state index in [4.69, 9.17) is 0 Å². The zero-order chi connectivity index (χ0) is 14.3. The third-order valence-corrected chi connectivity index (χ3v) is 3.76. The van der Waals surface area contributed by atoms with E-state index in [1.165, 1.54) is 39.0 Å². The Morgan fingerprint density at radius 2 is 1.53 bits per heavy atom. The molecule has 1 aliphatic carbocycles. The summed E-state index contributed by atoms with van der Waals surface area (Å²) in [4.78, 5) is 23.4. The van der Waals surface area contributed by atoms with Gasteiger partial charge in [0, 0.05) is 13.0 Å². The first-order valence-corrected chi connectivity index (χ1v) is 7.58. The van der Waals surface area contributed by atoms with Gasteiger partial charge in [-0.25, -0.2) is 0 Å². The van der Waals surface area contributed by atoms with Crippen molar-refractivity contribution in [3.63, 3.8) is 0 Å². The smallest absolute Gasteiger partial charge is 0.243 e. The maximum atomic E-state index is 12.3. The molecule has 0 aromatic carbocycles. The van der Waals surface area contributed by atoms with E-state index >= 15 is 0 Å². The fourth-order valence-corrected chi connectivity index (χ4v) is 2.65. The van der Waals surface area contributed by atoms with Gasteiger partial charge in [-0.05, 0) is 18.8 Å². The number of hydrogen-bond acceptors (Lipinski definition) is 2. The Hall–Kier alpha value is -1.06. The Balaban J connectivity index is 2.51. The second-order valence-electron chi connectivity index (χ2n) is 5.97. The highest BCUT2D eigenvalue weighted by molar-refractivity contribution is 5.87. The lowest BCUT2D eigenvalue weighted by atomic mass is 9.95. The van der Waals surface area contributed by atoms with Gasteiger partial charge in [-0.3, -0.25) is 9.59 Å². The first-order chi connectivity index (χ1) is 9.00. The molecule has 2 N–H and O–H groups in total. The average molecular weight is 268 g/mol. The third-order valence-electron chi connectivity index (χ3n) is 3.76. The van der Waals surface area contributed by atoms with Crippen LogP contribution in [0.15, 0.2) is 0 Å². The van der Waals surface area contributed by atoms with Crippen molar-refractivity contribution in [1.29, 1.82) is 0 Å². The molecule has 1 rings (SSSR count). The molecule has 1 aliphatic rings. The second-order valence-corrected chi connectivity index (χ2v) is 5.97. The summed E-state index contributed by atoms with van der Waals surface area (Å²) in [6, 6.07) is -0.134. The Labute approximate surface area is 116 Å². The Bertz CT molecular complexity index is 295. The normalized spacial score (nSPS) is 19.4. The van der Waals surface area contributed by atoms with Crippen molar-refractivity contribution in [2.24, 2.45) is 5.92 Å². The number of carbonyl (C=O) groups excluding carboxylic acids is 2. The molecule has 0 unspecified atom stereocenters. The monoisotopic (exact) mass is 268 g/mol. The van der Waals surface area contributed by atoms with Crippen molar-refractivity contribution < 1.29 is 9.59 Å². The zero-order valence-corrected chi connectivity index (χ0v) is 12.5. The molecule has 0 spiro atoms. The van der Waals surface area contributed by atoms with Gasteiger partial charge in [-0.1, -0.05) is 46.0 Å². The molecule has 0 bridgehead atoms. The van der Waals surface area contributed by atoms with Crippen molar-refractivity contribution in [2.45, 2.75) is 77.8 Å². The summed E-state index contributed by atoms with van der Waals surface area (Å²) >= 11 is 0. The van der Waals surface area contributed by atoms with E-state index in [2.05, 4.69) is 10.6 Å². The predicted molar refractivity (Wildman–Crippen MR) is 76.7 cm³/mol. The highest BCUT2D eigenvalue weighted by atomic mass is 16.2. The molecule has 0 aromatic heterocycles. The lowest BCUT2D eigenvalue weighted by Crippen LogP contribution is -2.51. The molecule has 0 aliphatic heterocycles. The van der Waals surface area contributed by atoms with Gasteiger partial charge in [0.15, 0.2) is 0 Å². The van der Waals surface area contributed by atoms with Crippen LogP contribution in [0.1, 0.15) is 65.7 Å². The van der Waals surface area contributed by atoms with Gasteiger partial charge in [-0.15, -0.1) is 0 Å². The fraction of sp³-hybridized carbons (Fsp3) is 0.867. The Kier molecular flexibility index (Phi) is 6.89. The molecule has 0 aromatic rings. The summed E-state index contributed by atoms with van der Waals surface area (Å²) in [7, 11) is 0. The Morgan fingerprint density at radius 3 is 2.00 bits per heavy atom. The van der Waals surface area contributed by atoms with Crippen LogP contribution < -0.4 is 10.6 Å². The van der Waals surface area contributed by atoms with Crippen LogP contribution in [0.2, 0.25) is 0 Å². The molecule has 1 fully saturated rings. The summed E-state index contributed by atoms with van der Waals surface area (Å²) in [6.07, 6.45) is 8.38. The molecule has 0 radical (unpaired) electrons. The van der Waals surface area contributed by atoms with Crippen molar-refractivity contribution >= 4 is 11.8 Å². The largest absolute Gasteiger partial charge is 0.352 e. The van der Waals surface area contributed by atoms with Gasteiger partial charge in [0.25, 0.3) is 0 Å². The molecule has 0 heterocycles. The average Bonchev–Trinajstić information content (AvgIpc) is 2.28. The molecule has 4 heteroatoms. The van der Waals surface area contributed by atoms with Crippen LogP contribution in [0, 0.1) is 5.92 Å². The van der Waals surface area contributed by atoms with Gasteiger partial charge >= 0.3 is 0 Å². The predicted octanol–water partition coefficient (Wildman–Crippen LogP) is 2.38. The molecule has 0 saturated heterocycles. The highest BCUT2D eigenvalue weighted by Gasteiger charge is 2.25. The summed E-state index contributed by atoms with van der Waals surface area (Å²) in [6.45, 7) is 5.37. The summed E-state index contributed by atoms with van der Waals surface area (Å²) < 4.78 is 0. The SMILES string of the molecule is CC(=O)N[C@H](C(=O)NC1CCCCCCC1)C(C)C. The van der Waals surface area contributed by atoms with Gasteiger partial charge in [-0.2, -0.15) is 0 Å². The lowest BCUT2D eigenvalue weighted by Gasteiger charge is -2.26. The van der Waals surface area contributed by atoms with Crippen LogP contribution in [-0.4, -0.2) is 23.9 Å². The maximum Gasteiger partial charge on any atom is 0.243 e. The van der Waals surface area contributed by atoms with Crippen LogP contribution in [0.25, 0.3) is 0 Å². The van der Waals surface area contributed by atoms with E-state index in [9.17, 15) is 9.59 Å². The zero-order valence-electron chi connectivity index (χ0n) is 12.5. The van der Waals surface area contributed by atoms with Gasteiger partial charge < -0.3 is 10.6 Å². The van der Waals surface area contributed by atoms with E-state index in [-0.39, 0.29) is 23.8 Å². The van der Waals surface area contributed by atoms with Crippen molar-refractivity contribution in [3.8, 4) is 0 Å². The van der Waals surface area contributed by atoms with E-state index < -0.39 is 6.04 Å².